The second-order valence-electron chi connectivity index (χ2n) is 8.75. The minimum atomic E-state index is -0.645. The molecule has 38 heavy (non-hydrogen) atoms. The second-order valence-corrected chi connectivity index (χ2v) is 9.15. The topological polar surface area (TPSA) is 71.2 Å². The van der Waals surface area contributed by atoms with Crippen molar-refractivity contribution < 1.29 is 19.0 Å². The number of rotatable bonds is 9. The van der Waals surface area contributed by atoms with E-state index >= 15 is 0 Å². The Balaban J connectivity index is 0.00000241. The van der Waals surface area contributed by atoms with Crippen LogP contribution >= 0.6 is 48.8 Å². The predicted molar refractivity (Wildman–Crippen MR) is 160 cm³/mol. The first kappa shape index (κ1) is 33.9. The molecule has 0 aliphatic carbocycles. The second kappa shape index (κ2) is 16.1. The number of nitrogen functional groups attached to an aromatic ring is 1. The van der Waals surface area contributed by atoms with E-state index in [-0.39, 0.29) is 49.6 Å². The quantitative estimate of drug-likeness (QED) is 0.313. The number of anilines is 2. The Kier molecular flexibility index (Phi) is 14.3. The third kappa shape index (κ3) is 9.26. The highest BCUT2D eigenvalue weighted by Crippen LogP contribution is 2.34. The van der Waals surface area contributed by atoms with Gasteiger partial charge in [-0.15, -0.1) is 37.2 Å². The Hall–Kier alpha value is -2.13. The van der Waals surface area contributed by atoms with Gasteiger partial charge in [-0.05, 0) is 41.8 Å². The van der Waals surface area contributed by atoms with Gasteiger partial charge in [-0.3, -0.25) is 4.90 Å². The van der Waals surface area contributed by atoms with Gasteiger partial charge in [-0.25, -0.2) is 4.39 Å². The number of hydrogen-bond donors (Lipinski definition) is 2. The van der Waals surface area contributed by atoms with Crippen molar-refractivity contribution in [2.75, 3.05) is 57.1 Å². The molecule has 0 radical (unpaired) electrons. The lowest BCUT2D eigenvalue weighted by Crippen LogP contribution is -2.49. The molecule has 3 aromatic rings. The predicted octanol–water partition coefficient (Wildman–Crippen LogP) is 5.49. The summed E-state index contributed by atoms with van der Waals surface area (Å²) in [6.45, 7) is 4.12. The van der Waals surface area contributed by atoms with Crippen molar-refractivity contribution >= 4 is 60.2 Å². The monoisotopic (exact) mass is 607 g/mol. The van der Waals surface area contributed by atoms with Gasteiger partial charge in [0.25, 0.3) is 0 Å². The highest BCUT2D eigenvalue weighted by Gasteiger charge is 2.20. The molecule has 11 heteroatoms. The summed E-state index contributed by atoms with van der Waals surface area (Å²) in [5.74, 6) is 0.727. The Morgan fingerprint density at radius 1 is 0.921 bits per heavy atom. The van der Waals surface area contributed by atoms with E-state index in [1.54, 1.807) is 12.1 Å². The molecule has 0 bridgehead atoms. The Morgan fingerprint density at radius 3 is 2.08 bits per heavy atom. The van der Waals surface area contributed by atoms with Crippen LogP contribution in [0.3, 0.4) is 0 Å². The zero-order valence-electron chi connectivity index (χ0n) is 21.0. The first-order valence-corrected chi connectivity index (χ1v) is 12.0. The fourth-order valence-electron chi connectivity index (χ4n) is 4.21. The van der Waals surface area contributed by atoms with Gasteiger partial charge >= 0.3 is 0 Å². The SMILES string of the molecule is COc1cc(Cl)c(N)cc1OC[C@@H](O)CN1CCN(c2ccc(Cc3ccc(F)cc3)cc2)CC1.Cl.Cl.Cl. The first-order valence-electron chi connectivity index (χ1n) is 11.7. The number of ether oxygens (including phenoxy) is 2. The van der Waals surface area contributed by atoms with E-state index in [9.17, 15) is 9.50 Å². The molecule has 3 aromatic carbocycles. The van der Waals surface area contributed by atoms with E-state index in [1.807, 2.05) is 12.1 Å². The molecular weight excluding hydrogens is 575 g/mol. The normalized spacial score (nSPS) is 13.9. The molecule has 0 amide bonds. The van der Waals surface area contributed by atoms with Crippen LogP contribution in [0.25, 0.3) is 0 Å². The number of nitrogens with zero attached hydrogens (tertiary/aromatic N) is 2. The van der Waals surface area contributed by atoms with Crippen molar-refractivity contribution in [1.82, 2.24) is 4.90 Å². The van der Waals surface area contributed by atoms with E-state index < -0.39 is 6.10 Å². The van der Waals surface area contributed by atoms with Crippen LogP contribution in [0.4, 0.5) is 15.8 Å². The summed E-state index contributed by atoms with van der Waals surface area (Å²) in [6.07, 6.45) is 0.136. The summed E-state index contributed by atoms with van der Waals surface area (Å²) in [4.78, 5) is 4.59. The van der Waals surface area contributed by atoms with Crippen molar-refractivity contribution in [3.05, 3.63) is 82.6 Å². The summed E-state index contributed by atoms with van der Waals surface area (Å²) in [6, 6.07) is 18.4. The molecule has 0 saturated carbocycles. The molecule has 210 valence electrons. The van der Waals surface area contributed by atoms with Crippen LogP contribution < -0.4 is 20.1 Å². The van der Waals surface area contributed by atoms with Gasteiger partial charge in [0, 0.05) is 50.5 Å². The van der Waals surface area contributed by atoms with Crippen molar-refractivity contribution in [2.24, 2.45) is 0 Å². The summed E-state index contributed by atoms with van der Waals surface area (Å²) >= 11 is 6.03. The molecule has 3 N–H and O–H groups in total. The number of benzene rings is 3. The summed E-state index contributed by atoms with van der Waals surface area (Å²) < 4.78 is 24.1. The van der Waals surface area contributed by atoms with Gasteiger partial charge in [-0.2, -0.15) is 0 Å². The molecule has 6 nitrogen and oxygen atoms in total. The standard InChI is InChI=1S/C27H31ClFN3O3.3ClH/c1-34-26-15-24(28)25(30)16-27(26)35-18-23(33)17-31-10-12-32(13-11-31)22-8-4-20(5-9-22)14-19-2-6-21(29)7-3-19;;;/h2-9,15-16,23,33H,10-14,17-18,30H2,1H3;3*1H/t23-;;;/m0.../s1. The van der Waals surface area contributed by atoms with Crippen LogP contribution in [0.15, 0.2) is 60.7 Å². The van der Waals surface area contributed by atoms with E-state index in [1.165, 1.54) is 30.5 Å². The molecule has 1 heterocycles. The summed E-state index contributed by atoms with van der Waals surface area (Å²) in [5.41, 5.74) is 9.72. The minimum Gasteiger partial charge on any atom is -0.493 e. The fraction of sp³-hybridized carbons (Fsp3) is 0.333. The Bertz CT molecular complexity index is 1120. The number of piperazine rings is 1. The molecule has 1 saturated heterocycles. The van der Waals surface area contributed by atoms with Crippen molar-refractivity contribution in [3.63, 3.8) is 0 Å². The number of β-amino-alcohol motifs (C(OH)–C–C–N with tert-alkyl or cyclic N) is 1. The number of hydrogen-bond acceptors (Lipinski definition) is 6. The average molecular weight is 609 g/mol. The zero-order valence-corrected chi connectivity index (χ0v) is 24.2. The molecular formula is C27H34Cl4FN3O3. The van der Waals surface area contributed by atoms with Crippen LogP contribution in [0.5, 0.6) is 11.5 Å². The third-order valence-corrected chi connectivity index (χ3v) is 6.51. The van der Waals surface area contributed by atoms with E-state index in [2.05, 4.69) is 34.1 Å². The Morgan fingerprint density at radius 2 is 1.50 bits per heavy atom. The molecule has 1 aliphatic rings. The maximum absolute atomic E-state index is 13.1. The molecule has 0 unspecified atom stereocenters. The van der Waals surface area contributed by atoms with Crippen LogP contribution in [0, 0.1) is 5.82 Å². The van der Waals surface area contributed by atoms with Crippen LogP contribution in [-0.2, 0) is 6.42 Å². The minimum absolute atomic E-state index is 0. The van der Waals surface area contributed by atoms with E-state index in [0.29, 0.717) is 28.8 Å². The van der Waals surface area contributed by atoms with E-state index in [4.69, 9.17) is 26.8 Å². The molecule has 1 aliphatic heterocycles. The lowest BCUT2D eigenvalue weighted by Gasteiger charge is -2.37. The zero-order chi connectivity index (χ0) is 24.8. The summed E-state index contributed by atoms with van der Waals surface area (Å²) in [7, 11) is 1.53. The largest absolute Gasteiger partial charge is 0.493 e. The molecule has 1 atom stereocenters. The van der Waals surface area contributed by atoms with Crippen molar-refractivity contribution in [1.29, 1.82) is 0 Å². The smallest absolute Gasteiger partial charge is 0.163 e. The molecule has 1 fully saturated rings. The lowest BCUT2D eigenvalue weighted by molar-refractivity contribution is 0.0653. The molecule has 0 aromatic heterocycles. The number of aliphatic hydroxyl groups is 1. The van der Waals surface area contributed by atoms with Gasteiger partial charge in [-0.1, -0.05) is 35.9 Å². The first-order chi connectivity index (χ1) is 16.9. The fourth-order valence-corrected chi connectivity index (χ4v) is 4.36. The summed E-state index contributed by atoms with van der Waals surface area (Å²) in [5, 5.41) is 10.9. The van der Waals surface area contributed by atoms with Gasteiger partial charge < -0.3 is 25.2 Å². The highest BCUT2D eigenvalue weighted by molar-refractivity contribution is 6.33. The molecule has 4 rings (SSSR count). The van der Waals surface area contributed by atoms with Gasteiger partial charge in [0.15, 0.2) is 11.5 Å². The molecule has 0 spiro atoms. The maximum atomic E-state index is 13.1. The average Bonchev–Trinajstić information content (AvgIpc) is 2.87. The number of halogens is 5. The number of methoxy groups -OCH3 is 1. The number of nitrogens with two attached hydrogens (primary N) is 1. The van der Waals surface area contributed by atoms with Crippen LogP contribution in [0.2, 0.25) is 5.02 Å². The highest BCUT2D eigenvalue weighted by atomic mass is 35.5. The van der Waals surface area contributed by atoms with Gasteiger partial charge in [0.05, 0.1) is 17.8 Å². The maximum Gasteiger partial charge on any atom is 0.163 e. The van der Waals surface area contributed by atoms with Gasteiger partial charge in [0.2, 0.25) is 0 Å². The van der Waals surface area contributed by atoms with Gasteiger partial charge in [0.1, 0.15) is 18.5 Å². The lowest BCUT2D eigenvalue weighted by atomic mass is 10.0. The van der Waals surface area contributed by atoms with E-state index in [0.717, 1.165) is 38.2 Å². The third-order valence-electron chi connectivity index (χ3n) is 6.18. The van der Waals surface area contributed by atoms with Crippen LogP contribution in [0.1, 0.15) is 11.1 Å². The van der Waals surface area contributed by atoms with Crippen molar-refractivity contribution in [3.8, 4) is 11.5 Å². The van der Waals surface area contributed by atoms with Crippen LogP contribution in [-0.4, -0.2) is 62.6 Å². The number of aliphatic hydroxyl groups excluding tert-OH is 1. The Labute approximate surface area is 247 Å². The van der Waals surface area contributed by atoms with Crippen molar-refractivity contribution in [2.45, 2.75) is 12.5 Å².